The molecule has 1 atom stereocenters. The lowest BCUT2D eigenvalue weighted by Crippen LogP contribution is -2.23. The highest BCUT2D eigenvalue weighted by molar-refractivity contribution is 7.10. The maximum atomic E-state index is 6.13. The van der Waals surface area contributed by atoms with Gasteiger partial charge in [0.25, 0.3) is 0 Å². The van der Waals surface area contributed by atoms with E-state index in [4.69, 9.17) is 11.6 Å². The molecule has 0 aliphatic heterocycles. The molecule has 1 N–H and O–H groups in total. The third-order valence-electron chi connectivity index (χ3n) is 2.98. The van der Waals surface area contributed by atoms with Gasteiger partial charge in [-0.15, -0.1) is 11.3 Å². The van der Waals surface area contributed by atoms with Gasteiger partial charge in [-0.05, 0) is 54.6 Å². The number of thiophene rings is 1. The Morgan fingerprint density at radius 3 is 2.83 bits per heavy atom. The number of aryl methyl sites for hydroxylation is 1. The Hall–Kier alpha value is -0.830. The monoisotopic (exact) mass is 279 g/mol. The summed E-state index contributed by atoms with van der Waals surface area (Å²) in [6.45, 7) is 5.33. The van der Waals surface area contributed by atoms with Gasteiger partial charge in [-0.3, -0.25) is 0 Å². The third-order valence-corrected chi connectivity index (χ3v) is 4.15. The minimum absolute atomic E-state index is 0.253. The zero-order valence-electron chi connectivity index (χ0n) is 10.7. The molecule has 96 valence electrons. The second kappa shape index (κ2) is 6.37. The molecular formula is C15H18ClNS. The molecule has 1 heterocycles. The molecule has 1 aromatic carbocycles. The molecule has 0 amide bonds. The fourth-order valence-electron chi connectivity index (χ4n) is 2.03. The number of hydrogen-bond acceptors (Lipinski definition) is 2. The van der Waals surface area contributed by atoms with E-state index in [-0.39, 0.29) is 6.04 Å². The summed E-state index contributed by atoms with van der Waals surface area (Å²) < 4.78 is 0. The van der Waals surface area contributed by atoms with Crippen LogP contribution in [0.15, 0.2) is 35.7 Å². The van der Waals surface area contributed by atoms with Crippen molar-refractivity contribution in [2.24, 2.45) is 0 Å². The maximum absolute atomic E-state index is 6.13. The average molecular weight is 280 g/mol. The second-order valence-corrected chi connectivity index (χ2v) is 5.82. The first-order valence-corrected chi connectivity index (χ1v) is 7.51. The first kappa shape index (κ1) is 13.6. The molecule has 1 nitrogen and oxygen atoms in total. The lowest BCUT2D eigenvalue weighted by Gasteiger charge is -2.20. The van der Waals surface area contributed by atoms with Crippen LogP contribution in [0, 0.1) is 6.92 Å². The molecule has 18 heavy (non-hydrogen) atoms. The Morgan fingerprint density at radius 2 is 2.17 bits per heavy atom. The first-order valence-electron chi connectivity index (χ1n) is 6.25. The maximum Gasteiger partial charge on any atom is 0.0674 e. The van der Waals surface area contributed by atoms with Crippen molar-refractivity contribution in [3.8, 4) is 0 Å². The number of halogens is 1. The number of benzene rings is 1. The van der Waals surface area contributed by atoms with Crippen molar-refractivity contribution in [1.29, 1.82) is 0 Å². The standard InChI is InChI=1S/C15H18ClNS/c1-3-8-17-15(14-5-4-9-18-14)13-10-12(16)7-6-11(13)2/h4-7,9-10,15,17H,3,8H2,1-2H3. The van der Waals surface area contributed by atoms with Gasteiger partial charge in [-0.2, -0.15) is 0 Å². The van der Waals surface area contributed by atoms with E-state index in [2.05, 4.69) is 48.8 Å². The van der Waals surface area contributed by atoms with Gasteiger partial charge in [-0.1, -0.05) is 30.7 Å². The van der Waals surface area contributed by atoms with E-state index in [0.29, 0.717) is 0 Å². The highest BCUT2D eigenvalue weighted by Crippen LogP contribution is 2.30. The zero-order valence-corrected chi connectivity index (χ0v) is 12.3. The van der Waals surface area contributed by atoms with Gasteiger partial charge >= 0.3 is 0 Å². The van der Waals surface area contributed by atoms with E-state index in [1.54, 1.807) is 11.3 Å². The fourth-order valence-corrected chi connectivity index (χ4v) is 3.03. The van der Waals surface area contributed by atoms with E-state index >= 15 is 0 Å². The van der Waals surface area contributed by atoms with Gasteiger partial charge in [0.05, 0.1) is 6.04 Å². The number of nitrogens with one attached hydrogen (secondary N) is 1. The molecule has 0 fully saturated rings. The number of hydrogen-bond donors (Lipinski definition) is 1. The van der Waals surface area contributed by atoms with E-state index in [0.717, 1.165) is 18.0 Å². The Kier molecular flexibility index (Phi) is 4.81. The normalized spacial score (nSPS) is 12.6. The van der Waals surface area contributed by atoms with Crippen molar-refractivity contribution in [3.05, 3.63) is 56.7 Å². The summed E-state index contributed by atoms with van der Waals surface area (Å²) in [5, 5.41) is 6.53. The van der Waals surface area contributed by atoms with E-state index in [1.807, 2.05) is 6.07 Å². The summed E-state index contributed by atoms with van der Waals surface area (Å²) in [6, 6.07) is 10.6. The lowest BCUT2D eigenvalue weighted by atomic mass is 10.00. The highest BCUT2D eigenvalue weighted by atomic mass is 35.5. The predicted molar refractivity (Wildman–Crippen MR) is 80.6 cm³/mol. The molecule has 2 rings (SSSR count). The minimum atomic E-state index is 0.253. The molecule has 1 aromatic heterocycles. The van der Waals surface area contributed by atoms with Gasteiger partial charge in [-0.25, -0.2) is 0 Å². The SMILES string of the molecule is CCCNC(c1cccs1)c1cc(Cl)ccc1C. The van der Waals surface area contributed by atoms with Crippen LogP contribution >= 0.6 is 22.9 Å². The van der Waals surface area contributed by atoms with Crippen molar-refractivity contribution < 1.29 is 0 Å². The molecule has 1 unspecified atom stereocenters. The Morgan fingerprint density at radius 1 is 1.33 bits per heavy atom. The van der Waals surface area contributed by atoms with E-state index in [1.165, 1.54) is 16.0 Å². The van der Waals surface area contributed by atoms with Crippen molar-refractivity contribution >= 4 is 22.9 Å². The van der Waals surface area contributed by atoms with Gasteiger partial charge in [0.15, 0.2) is 0 Å². The van der Waals surface area contributed by atoms with Crippen LogP contribution in [0.2, 0.25) is 5.02 Å². The minimum Gasteiger partial charge on any atom is -0.306 e. The molecule has 3 heteroatoms. The van der Waals surface area contributed by atoms with Crippen LogP contribution in [0.1, 0.15) is 35.4 Å². The summed E-state index contributed by atoms with van der Waals surface area (Å²) in [6.07, 6.45) is 1.13. The lowest BCUT2D eigenvalue weighted by molar-refractivity contribution is 0.603. The summed E-state index contributed by atoms with van der Waals surface area (Å²) >= 11 is 7.92. The van der Waals surface area contributed by atoms with Crippen LogP contribution in [-0.4, -0.2) is 6.54 Å². The fraction of sp³-hybridized carbons (Fsp3) is 0.333. The largest absolute Gasteiger partial charge is 0.306 e. The third kappa shape index (κ3) is 3.14. The topological polar surface area (TPSA) is 12.0 Å². The molecule has 0 saturated carbocycles. The van der Waals surface area contributed by atoms with Crippen LogP contribution in [0.4, 0.5) is 0 Å². The molecule has 0 aliphatic carbocycles. The van der Waals surface area contributed by atoms with Gasteiger partial charge in [0, 0.05) is 9.90 Å². The van der Waals surface area contributed by atoms with Crippen molar-refractivity contribution in [2.75, 3.05) is 6.54 Å². The van der Waals surface area contributed by atoms with Crippen molar-refractivity contribution in [1.82, 2.24) is 5.32 Å². The van der Waals surface area contributed by atoms with Crippen molar-refractivity contribution in [2.45, 2.75) is 26.3 Å². The quantitative estimate of drug-likeness (QED) is 0.829. The van der Waals surface area contributed by atoms with E-state index < -0.39 is 0 Å². The molecule has 0 aliphatic rings. The van der Waals surface area contributed by atoms with Crippen LogP contribution in [0.25, 0.3) is 0 Å². The molecule has 0 bridgehead atoms. The molecular weight excluding hydrogens is 262 g/mol. The first-order chi connectivity index (χ1) is 8.72. The predicted octanol–water partition coefficient (Wildman–Crippen LogP) is 4.80. The van der Waals surface area contributed by atoms with E-state index in [9.17, 15) is 0 Å². The highest BCUT2D eigenvalue weighted by Gasteiger charge is 2.16. The van der Waals surface area contributed by atoms with Gasteiger partial charge in [0.2, 0.25) is 0 Å². The average Bonchev–Trinajstić information content (AvgIpc) is 2.88. The zero-order chi connectivity index (χ0) is 13.0. The summed E-state index contributed by atoms with van der Waals surface area (Å²) in [7, 11) is 0. The number of rotatable bonds is 5. The van der Waals surface area contributed by atoms with Gasteiger partial charge in [0.1, 0.15) is 0 Å². The molecule has 0 saturated heterocycles. The second-order valence-electron chi connectivity index (χ2n) is 4.40. The molecule has 0 radical (unpaired) electrons. The smallest absolute Gasteiger partial charge is 0.0674 e. The molecule has 0 spiro atoms. The van der Waals surface area contributed by atoms with Gasteiger partial charge < -0.3 is 5.32 Å². The molecule has 2 aromatic rings. The van der Waals surface area contributed by atoms with Crippen LogP contribution in [-0.2, 0) is 0 Å². The van der Waals surface area contributed by atoms with Crippen LogP contribution < -0.4 is 5.32 Å². The summed E-state index contributed by atoms with van der Waals surface area (Å²) in [5.41, 5.74) is 2.56. The van der Waals surface area contributed by atoms with Crippen molar-refractivity contribution in [3.63, 3.8) is 0 Å². The Labute approximate surface area is 118 Å². The Balaban J connectivity index is 2.36. The summed E-state index contributed by atoms with van der Waals surface area (Å²) in [5.74, 6) is 0. The summed E-state index contributed by atoms with van der Waals surface area (Å²) in [4.78, 5) is 1.34. The Bertz CT molecular complexity index is 493. The van der Waals surface area contributed by atoms with Crippen LogP contribution in [0.3, 0.4) is 0 Å². The van der Waals surface area contributed by atoms with Crippen LogP contribution in [0.5, 0.6) is 0 Å².